The maximum atomic E-state index is 12.3. The molecule has 0 fully saturated rings. The number of allylic oxidation sites excluding steroid dienone is 2. The van der Waals surface area contributed by atoms with Crippen molar-refractivity contribution in [2.24, 2.45) is 0 Å². The number of rotatable bonds is 8. The average Bonchev–Trinajstić information content (AvgIpc) is 2.49. The second-order valence-corrected chi connectivity index (χ2v) is 5.65. The number of carbonyl (C=O) groups is 1. The second-order valence-electron chi connectivity index (χ2n) is 4.73. The van der Waals surface area contributed by atoms with Crippen molar-refractivity contribution in [3.05, 3.63) is 53.5 Å². The molecule has 3 nitrogen and oxygen atoms in total. The number of anilines is 1. The summed E-state index contributed by atoms with van der Waals surface area (Å²) < 4.78 is 0.998. The van der Waals surface area contributed by atoms with Crippen molar-refractivity contribution in [3.8, 4) is 0 Å². The van der Waals surface area contributed by atoms with Gasteiger partial charge in [0.1, 0.15) is 0 Å². The van der Waals surface area contributed by atoms with E-state index in [1.165, 1.54) is 0 Å². The van der Waals surface area contributed by atoms with Crippen LogP contribution in [-0.4, -0.2) is 24.0 Å². The van der Waals surface area contributed by atoms with Crippen LogP contribution in [0.2, 0.25) is 0 Å². The Morgan fingerprint density at radius 2 is 2.05 bits per heavy atom. The Hall–Kier alpha value is -1.55. The first-order valence-corrected chi connectivity index (χ1v) is 8.05. The summed E-state index contributed by atoms with van der Waals surface area (Å²) in [4.78, 5) is 14.2. The second kappa shape index (κ2) is 10.2. The molecule has 0 heterocycles. The predicted octanol–water partition coefficient (Wildman–Crippen LogP) is 5.22. The van der Waals surface area contributed by atoms with Crippen molar-refractivity contribution in [3.63, 3.8) is 0 Å². The summed E-state index contributed by atoms with van der Waals surface area (Å²) >= 11 is 3.38. The van der Waals surface area contributed by atoms with Crippen LogP contribution in [0.1, 0.15) is 26.2 Å². The molecule has 0 bridgehead atoms. The first-order valence-electron chi connectivity index (χ1n) is 7.26. The molecule has 0 saturated carbocycles. The van der Waals surface area contributed by atoms with Crippen LogP contribution < -0.4 is 5.32 Å². The summed E-state index contributed by atoms with van der Waals surface area (Å²) in [5.41, 5.74) is 0.811. The van der Waals surface area contributed by atoms with Gasteiger partial charge in [0.25, 0.3) is 0 Å². The molecule has 0 saturated heterocycles. The van der Waals surface area contributed by atoms with Gasteiger partial charge in [0.05, 0.1) is 0 Å². The lowest BCUT2D eigenvalue weighted by molar-refractivity contribution is 0.211. The van der Waals surface area contributed by atoms with Gasteiger partial charge in [-0.1, -0.05) is 54.1 Å². The normalized spacial score (nSPS) is 10.6. The lowest BCUT2D eigenvalue weighted by Crippen LogP contribution is -2.36. The number of carbonyl (C=O) groups excluding carboxylic acids is 1. The van der Waals surface area contributed by atoms with Crippen molar-refractivity contribution >= 4 is 27.6 Å². The van der Waals surface area contributed by atoms with Crippen LogP contribution in [-0.2, 0) is 0 Å². The number of nitrogens with one attached hydrogen (secondary N) is 1. The third kappa shape index (κ3) is 7.14. The van der Waals surface area contributed by atoms with Crippen molar-refractivity contribution in [1.82, 2.24) is 4.90 Å². The van der Waals surface area contributed by atoms with Crippen LogP contribution in [0.5, 0.6) is 0 Å². The van der Waals surface area contributed by atoms with Gasteiger partial charge in [-0.2, -0.15) is 0 Å². The first kappa shape index (κ1) is 17.5. The molecule has 0 aromatic heterocycles. The van der Waals surface area contributed by atoms with E-state index in [0.717, 1.165) is 36.0 Å². The van der Waals surface area contributed by atoms with Crippen LogP contribution >= 0.6 is 15.9 Å². The minimum atomic E-state index is -0.0437. The summed E-state index contributed by atoms with van der Waals surface area (Å²) in [7, 11) is 0. The van der Waals surface area contributed by atoms with Gasteiger partial charge in [-0.3, -0.25) is 0 Å². The van der Waals surface area contributed by atoms with E-state index in [4.69, 9.17) is 0 Å². The van der Waals surface area contributed by atoms with E-state index in [9.17, 15) is 4.79 Å². The quantitative estimate of drug-likeness (QED) is 0.640. The number of benzene rings is 1. The topological polar surface area (TPSA) is 32.3 Å². The van der Waals surface area contributed by atoms with E-state index < -0.39 is 0 Å². The SMILES string of the molecule is C=C/C=C/CCN(CCCC)C(=O)Nc1ccc(Br)cc1. The molecule has 2 amide bonds. The minimum absolute atomic E-state index is 0.0437. The highest BCUT2D eigenvalue weighted by molar-refractivity contribution is 9.10. The summed E-state index contributed by atoms with van der Waals surface area (Å²) in [6.45, 7) is 7.26. The molecule has 1 rings (SSSR count). The number of halogens is 1. The van der Waals surface area contributed by atoms with Crippen LogP contribution in [0, 0.1) is 0 Å². The fourth-order valence-corrected chi connectivity index (χ4v) is 2.09. The zero-order chi connectivity index (χ0) is 15.5. The Bertz CT molecular complexity index is 468. The number of hydrogen-bond donors (Lipinski definition) is 1. The molecule has 0 atom stereocenters. The van der Waals surface area contributed by atoms with Gasteiger partial charge in [-0.25, -0.2) is 4.79 Å². The Kier molecular flexibility index (Phi) is 8.51. The smallest absolute Gasteiger partial charge is 0.321 e. The van der Waals surface area contributed by atoms with Crippen LogP contribution in [0.25, 0.3) is 0 Å². The summed E-state index contributed by atoms with van der Waals surface area (Å²) in [6, 6.07) is 7.56. The van der Waals surface area contributed by atoms with Gasteiger partial charge in [0.15, 0.2) is 0 Å². The zero-order valence-electron chi connectivity index (χ0n) is 12.5. The van der Waals surface area contributed by atoms with Crippen LogP contribution in [0.15, 0.2) is 53.5 Å². The number of unbranched alkanes of at least 4 members (excludes halogenated alkanes) is 1. The molecule has 0 aliphatic heterocycles. The molecule has 0 radical (unpaired) electrons. The highest BCUT2D eigenvalue weighted by Gasteiger charge is 2.12. The summed E-state index contributed by atoms with van der Waals surface area (Å²) in [5, 5.41) is 2.94. The van der Waals surface area contributed by atoms with E-state index in [2.05, 4.69) is 34.7 Å². The molecule has 1 aromatic rings. The lowest BCUT2D eigenvalue weighted by atomic mass is 10.3. The molecular formula is C17H23BrN2O. The number of hydrogen-bond acceptors (Lipinski definition) is 1. The number of urea groups is 1. The molecule has 1 N–H and O–H groups in total. The molecule has 1 aromatic carbocycles. The molecule has 4 heteroatoms. The number of amides is 2. The molecule has 114 valence electrons. The fraction of sp³-hybridized carbons (Fsp3) is 0.353. The third-order valence-electron chi connectivity index (χ3n) is 3.00. The van der Waals surface area contributed by atoms with Gasteiger partial charge in [0.2, 0.25) is 0 Å². The van der Waals surface area contributed by atoms with Gasteiger partial charge < -0.3 is 10.2 Å². The van der Waals surface area contributed by atoms with E-state index in [1.54, 1.807) is 6.08 Å². The highest BCUT2D eigenvalue weighted by Crippen LogP contribution is 2.14. The van der Waals surface area contributed by atoms with Crippen LogP contribution in [0.3, 0.4) is 0 Å². The third-order valence-corrected chi connectivity index (χ3v) is 3.53. The fourth-order valence-electron chi connectivity index (χ4n) is 1.82. The lowest BCUT2D eigenvalue weighted by Gasteiger charge is -2.22. The van der Waals surface area contributed by atoms with Crippen molar-refractivity contribution < 1.29 is 4.79 Å². The molecular weight excluding hydrogens is 328 g/mol. The highest BCUT2D eigenvalue weighted by atomic mass is 79.9. The Balaban J connectivity index is 2.58. The van der Waals surface area contributed by atoms with Gasteiger partial charge >= 0.3 is 6.03 Å². The molecule has 0 aliphatic rings. The predicted molar refractivity (Wildman–Crippen MR) is 93.6 cm³/mol. The molecule has 21 heavy (non-hydrogen) atoms. The average molecular weight is 351 g/mol. The monoisotopic (exact) mass is 350 g/mol. The van der Waals surface area contributed by atoms with Crippen LogP contribution in [0.4, 0.5) is 10.5 Å². The standard InChI is InChI=1S/C17H23BrN2O/c1-3-5-7-8-14-20(13-6-4-2)17(21)19-16-11-9-15(18)10-12-16/h3,5,7,9-12H,1,4,6,8,13-14H2,2H3,(H,19,21)/b7-5+. The van der Waals surface area contributed by atoms with Crippen molar-refractivity contribution in [2.45, 2.75) is 26.2 Å². The van der Waals surface area contributed by atoms with Crippen molar-refractivity contribution in [1.29, 1.82) is 0 Å². The summed E-state index contributed by atoms with van der Waals surface area (Å²) in [5.74, 6) is 0. The minimum Gasteiger partial charge on any atom is -0.324 e. The molecule has 0 aliphatic carbocycles. The Labute approximate surface area is 135 Å². The van der Waals surface area contributed by atoms with Gasteiger partial charge in [-0.15, -0.1) is 0 Å². The summed E-state index contributed by atoms with van der Waals surface area (Å²) in [6.07, 6.45) is 8.61. The maximum Gasteiger partial charge on any atom is 0.321 e. The number of nitrogens with zero attached hydrogens (tertiary/aromatic N) is 1. The Morgan fingerprint density at radius 1 is 1.33 bits per heavy atom. The maximum absolute atomic E-state index is 12.3. The van der Waals surface area contributed by atoms with E-state index >= 15 is 0 Å². The van der Waals surface area contributed by atoms with Gasteiger partial charge in [0, 0.05) is 23.2 Å². The molecule has 0 unspecified atom stereocenters. The zero-order valence-corrected chi connectivity index (χ0v) is 14.1. The largest absolute Gasteiger partial charge is 0.324 e. The van der Waals surface area contributed by atoms with E-state index in [0.29, 0.717) is 6.54 Å². The van der Waals surface area contributed by atoms with Crippen molar-refractivity contribution in [2.75, 3.05) is 18.4 Å². The van der Waals surface area contributed by atoms with E-state index in [1.807, 2.05) is 41.3 Å². The molecule has 0 spiro atoms. The Morgan fingerprint density at radius 3 is 2.67 bits per heavy atom. The first-order chi connectivity index (χ1) is 10.2. The van der Waals surface area contributed by atoms with E-state index in [-0.39, 0.29) is 6.03 Å². The van der Waals surface area contributed by atoms with Gasteiger partial charge in [-0.05, 0) is 37.1 Å².